The first-order valence-electron chi connectivity index (χ1n) is 9.26. The van der Waals surface area contributed by atoms with E-state index < -0.39 is 0 Å². The van der Waals surface area contributed by atoms with Crippen molar-refractivity contribution in [1.29, 1.82) is 0 Å². The summed E-state index contributed by atoms with van der Waals surface area (Å²) < 4.78 is 5.20. The lowest BCUT2D eigenvalue weighted by molar-refractivity contribution is 0.0857. The molecule has 1 heterocycles. The molecule has 0 bridgehead atoms. The van der Waals surface area contributed by atoms with Gasteiger partial charge in [0.25, 0.3) is 0 Å². The average Bonchev–Trinajstić information content (AvgIpc) is 3.16. The van der Waals surface area contributed by atoms with Crippen LogP contribution in [-0.4, -0.2) is 12.8 Å². The highest BCUT2D eigenvalue weighted by Gasteiger charge is 2.23. The van der Waals surface area contributed by atoms with E-state index in [0.29, 0.717) is 0 Å². The zero-order valence-electron chi connectivity index (χ0n) is 15.2. The average molecular weight is 337 g/mol. The van der Waals surface area contributed by atoms with E-state index in [2.05, 4.69) is 36.3 Å². The maximum Gasteiger partial charge on any atom is 0.158 e. The first kappa shape index (κ1) is 17.5. The van der Waals surface area contributed by atoms with E-state index in [9.17, 15) is 0 Å². The molecule has 1 unspecified atom stereocenters. The lowest BCUT2D eigenvalue weighted by Gasteiger charge is -2.09. The number of nitrogens with zero attached hydrogens (tertiary/aromatic N) is 1. The molecule has 3 rings (SSSR count). The van der Waals surface area contributed by atoms with Gasteiger partial charge in [0.15, 0.2) is 6.10 Å². The van der Waals surface area contributed by atoms with Crippen LogP contribution >= 0.6 is 0 Å². The summed E-state index contributed by atoms with van der Waals surface area (Å²) in [6, 6.07) is 16.8. The number of unbranched alkanes of at least 4 members (excludes halogenated alkanes) is 3. The van der Waals surface area contributed by atoms with Gasteiger partial charge in [0.1, 0.15) is 5.75 Å². The fourth-order valence-corrected chi connectivity index (χ4v) is 3.16. The van der Waals surface area contributed by atoms with Crippen LogP contribution in [0.3, 0.4) is 0 Å². The minimum Gasteiger partial charge on any atom is -0.497 e. The van der Waals surface area contributed by atoms with Gasteiger partial charge in [-0.25, -0.2) is 0 Å². The number of rotatable bonds is 8. The van der Waals surface area contributed by atoms with Crippen molar-refractivity contribution in [2.24, 2.45) is 5.16 Å². The van der Waals surface area contributed by atoms with Gasteiger partial charge >= 0.3 is 0 Å². The Labute approximate surface area is 150 Å². The fraction of sp³-hybridized carbons (Fsp3) is 0.409. The summed E-state index contributed by atoms with van der Waals surface area (Å²) in [5.41, 5.74) is 4.70. The molecule has 0 aliphatic carbocycles. The van der Waals surface area contributed by atoms with Gasteiger partial charge in [-0.1, -0.05) is 55.6 Å². The Morgan fingerprint density at radius 3 is 2.44 bits per heavy atom. The van der Waals surface area contributed by atoms with Gasteiger partial charge in [-0.05, 0) is 53.8 Å². The van der Waals surface area contributed by atoms with E-state index in [1.807, 2.05) is 24.3 Å². The van der Waals surface area contributed by atoms with Crippen LogP contribution in [0, 0.1) is 0 Å². The summed E-state index contributed by atoms with van der Waals surface area (Å²) in [4.78, 5) is 5.67. The van der Waals surface area contributed by atoms with Crippen LogP contribution < -0.4 is 4.74 Å². The smallest absolute Gasteiger partial charge is 0.158 e. The van der Waals surface area contributed by atoms with Crippen molar-refractivity contribution in [3.8, 4) is 5.75 Å². The Kier molecular flexibility index (Phi) is 6.10. The van der Waals surface area contributed by atoms with Crippen molar-refractivity contribution in [3.63, 3.8) is 0 Å². The normalized spacial score (nSPS) is 16.4. The standard InChI is InChI=1S/C22H27NO2/c1-3-4-5-6-7-17-8-10-19(11-9-17)22-16-21(23-25-22)18-12-14-20(24-2)15-13-18/h8-15,22H,3-7,16H2,1-2H3. The van der Waals surface area contributed by atoms with Gasteiger partial charge in [0.05, 0.1) is 12.8 Å². The number of methoxy groups -OCH3 is 1. The molecular formula is C22H27NO2. The third-order valence-corrected chi connectivity index (χ3v) is 4.76. The highest BCUT2D eigenvalue weighted by molar-refractivity contribution is 6.01. The summed E-state index contributed by atoms with van der Waals surface area (Å²) in [7, 11) is 1.68. The largest absolute Gasteiger partial charge is 0.497 e. The molecule has 0 saturated carbocycles. The summed E-state index contributed by atoms with van der Waals surface area (Å²) in [6.07, 6.45) is 7.21. The van der Waals surface area contributed by atoms with Crippen LogP contribution in [-0.2, 0) is 11.3 Å². The molecule has 0 spiro atoms. The minimum absolute atomic E-state index is 0.0197. The van der Waals surface area contributed by atoms with Crippen LogP contribution in [0.25, 0.3) is 0 Å². The predicted molar refractivity (Wildman–Crippen MR) is 102 cm³/mol. The topological polar surface area (TPSA) is 30.8 Å². The second kappa shape index (κ2) is 8.70. The number of benzene rings is 2. The first-order valence-corrected chi connectivity index (χ1v) is 9.26. The third kappa shape index (κ3) is 4.62. The van der Waals surface area contributed by atoms with Crippen molar-refractivity contribution in [1.82, 2.24) is 0 Å². The molecule has 3 nitrogen and oxygen atoms in total. The quantitative estimate of drug-likeness (QED) is 0.580. The van der Waals surface area contributed by atoms with Gasteiger partial charge in [-0.15, -0.1) is 0 Å². The summed E-state index contributed by atoms with van der Waals surface area (Å²) in [5.74, 6) is 0.856. The van der Waals surface area contributed by atoms with Crippen LogP contribution in [0.1, 0.15) is 61.8 Å². The molecule has 2 aromatic rings. The number of hydrogen-bond acceptors (Lipinski definition) is 3. The predicted octanol–water partition coefficient (Wildman–Crippen LogP) is 5.68. The van der Waals surface area contributed by atoms with E-state index in [4.69, 9.17) is 9.57 Å². The monoisotopic (exact) mass is 337 g/mol. The van der Waals surface area contributed by atoms with Crippen LogP contribution in [0.2, 0.25) is 0 Å². The van der Waals surface area contributed by atoms with E-state index in [-0.39, 0.29) is 6.10 Å². The zero-order chi connectivity index (χ0) is 17.5. The van der Waals surface area contributed by atoms with Gasteiger partial charge in [-0.2, -0.15) is 0 Å². The third-order valence-electron chi connectivity index (χ3n) is 4.76. The molecule has 25 heavy (non-hydrogen) atoms. The van der Waals surface area contributed by atoms with Crippen molar-refractivity contribution < 1.29 is 9.57 Å². The van der Waals surface area contributed by atoms with E-state index in [1.54, 1.807) is 7.11 Å². The SMILES string of the molecule is CCCCCCc1ccc(C2CC(c3ccc(OC)cc3)=NO2)cc1. The number of ether oxygens (including phenoxy) is 1. The lowest BCUT2D eigenvalue weighted by Crippen LogP contribution is -2.02. The number of hydrogen-bond donors (Lipinski definition) is 0. The molecule has 2 aromatic carbocycles. The van der Waals surface area contributed by atoms with Crippen molar-refractivity contribution in [2.75, 3.05) is 7.11 Å². The Morgan fingerprint density at radius 1 is 1.00 bits per heavy atom. The Hall–Kier alpha value is -2.29. The van der Waals surface area contributed by atoms with E-state index in [0.717, 1.165) is 23.4 Å². The Balaban J connectivity index is 1.55. The van der Waals surface area contributed by atoms with Crippen molar-refractivity contribution >= 4 is 5.71 Å². The molecule has 132 valence electrons. The first-order chi connectivity index (χ1) is 12.3. The van der Waals surface area contributed by atoms with Gasteiger partial charge < -0.3 is 9.57 Å². The molecule has 0 amide bonds. The Morgan fingerprint density at radius 2 is 1.76 bits per heavy atom. The molecule has 0 aromatic heterocycles. The van der Waals surface area contributed by atoms with Gasteiger partial charge in [0, 0.05) is 6.42 Å². The second-order valence-electron chi connectivity index (χ2n) is 6.62. The van der Waals surface area contributed by atoms with Crippen LogP contribution in [0.15, 0.2) is 53.7 Å². The molecule has 0 radical (unpaired) electrons. The van der Waals surface area contributed by atoms with Crippen molar-refractivity contribution in [2.45, 2.75) is 51.6 Å². The van der Waals surface area contributed by atoms with E-state index in [1.165, 1.54) is 43.2 Å². The summed E-state index contributed by atoms with van der Waals surface area (Å²) in [5, 5.41) is 4.29. The van der Waals surface area contributed by atoms with Crippen molar-refractivity contribution in [3.05, 3.63) is 65.2 Å². The molecular weight excluding hydrogens is 310 g/mol. The molecule has 1 aliphatic rings. The van der Waals surface area contributed by atoms with Crippen LogP contribution in [0.4, 0.5) is 0 Å². The highest BCUT2D eigenvalue weighted by atomic mass is 16.6. The molecule has 0 N–H and O–H groups in total. The second-order valence-corrected chi connectivity index (χ2v) is 6.62. The fourth-order valence-electron chi connectivity index (χ4n) is 3.16. The van der Waals surface area contributed by atoms with Gasteiger partial charge in [-0.3, -0.25) is 0 Å². The summed E-state index contributed by atoms with van der Waals surface area (Å²) >= 11 is 0. The molecule has 0 fully saturated rings. The number of oxime groups is 1. The number of aryl methyl sites for hydroxylation is 1. The van der Waals surface area contributed by atoms with E-state index >= 15 is 0 Å². The maximum atomic E-state index is 5.67. The maximum absolute atomic E-state index is 5.67. The molecule has 3 heteroatoms. The minimum atomic E-state index is 0.0197. The highest BCUT2D eigenvalue weighted by Crippen LogP contribution is 2.30. The Bertz CT molecular complexity index is 689. The van der Waals surface area contributed by atoms with Gasteiger partial charge in [0.2, 0.25) is 0 Å². The molecule has 0 saturated heterocycles. The zero-order valence-corrected chi connectivity index (χ0v) is 15.2. The summed E-state index contributed by atoms with van der Waals surface area (Å²) in [6.45, 7) is 2.25. The lowest BCUT2D eigenvalue weighted by atomic mass is 9.98. The molecule has 1 atom stereocenters. The van der Waals surface area contributed by atoms with Crippen LogP contribution in [0.5, 0.6) is 5.75 Å². The molecule has 1 aliphatic heterocycles.